The highest BCUT2D eigenvalue weighted by Crippen LogP contribution is 2.20. The van der Waals surface area contributed by atoms with E-state index in [1.165, 1.54) is 0 Å². The van der Waals surface area contributed by atoms with Crippen molar-refractivity contribution in [2.75, 3.05) is 26.2 Å². The van der Waals surface area contributed by atoms with Crippen LogP contribution in [0.1, 0.15) is 32.6 Å². The molecule has 9 heteroatoms. The average molecular weight is 317 g/mol. The maximum atomic E-state index is 12.1. The first-order valence-electron chi connectivity index (χ1n) is 6.80. The Kier molecular flexibility index (Phi) is 6.70. The van der Waals surface area contributed by atoms with E-state index in [0.717, 1.165) is 23.7 Å². The number of rotatable bonds is 7. The molecule has 0 aliphatic carbocycles. The van der Waals surface area contributed by atoms with E-state index >= 15 is 0 Å². The standard InChI is InChI=1S/C11H22F3N3O2S/c1-2-6-15-8-10-5-3-4-7-17(10)20(18,19)16-9-11(12,13)14/h10,15-16H,2-9H2,1H3. The number of nitrogens with one attached hydrogen (secondary N) is 2. The van der Waals surface area contributed by atoms with Gasteiger partial charge in [0.1, 0.15) is 6.54 Å². The quantitative estimate of drug-likeness (QED) is 0.695. The summed E-state index contributed by atoms with van der Waals surface area (Å²) in [5.74, 6) is 0. The van der Waals surface area contributed by atoms with E-state index in [4.69, 9.17) is 0 Å². The number of halogens is 3. The second-order valence-corrected chi connectivity index (χ2v) is 6.61. The van der Waals surface area contributed by atoms with E-state index in [9.17, 15) is 21.6 Å². The Hall–Kier alpha value is -0.380. The number of piperidine rings is 1. The molecular formula is C11H22F3N3O2S. The summed E-state index contributed by atoms with van der Waals surface area (Å²) in [6.45, 7) is 1.97. The van der Waals surface area contributed by atoms with Gasteiger partial charge in [-0.3, -0.25) is 0 Å². The summed E-state index contributed by atoms with van der Waals surface area (Å²) in [7, 11) is -4.08. The maximum absolute atomic E-state index is 12.1. The van der Waals surface area contributed by atoms with Crippen LogP contribution < -0.4 is 10.0 Å². The van der Waals surface area contributed by atoms with Gasteiger partial charge >= 0.3 is 6.18 Å². The van der Waals surface area contributed by atoms with E-state index < -0.39 is 22.9 Å². The summed E-state index contributed by atoms with van der Waals surface area (Å²) in [4.78, 5) is 0. The molecule has 1 saturated heterocycles. The normalized spacial score (nSPS) is 22.1. The molecule has 0 aromatic carbocycles. The van der Waals surface area contributed by atoms with Crippen molar-refractivity contribution in [3.05, 3.63) is 0 Å². The first kappa shape index (κ1) is 17.7. The predicted molar refractivity (Wildman–Crippen MR) is 70.5 cm³/mol. The molecule has 0 aromatic rings. The van der Waals surface area contributed by atoms with Crippen molar-refractivity contribution in [2.24, 2.45) is 0 Å². The Morgan fingerprint density at radius 1 is 1.30 bits per heavy atom. The van der Waals surface area contributed by atoms with E-state index in [1.807, 2.05) is 6.92 Å². The molecule has 0 aromatic heterocycles. The second kappa shape index (κ2) is 7.58. The molecule has 1 rings (SSSR count). The minimum atomic E-state index is -4.54. The summed E-state index contributed by atoms with van der Waals surface area (Å²) in [6, 6.07) is -0.277. The zero-order valence-corrected chi connectivity index (χ0v) is 12.4. The fourth-order valence-corrected chi connectivity index (χ4v) is 3.65. The largest absolute Gasteiger partial charge is 0.402 e. The second-order valence-electron chi connectivity index (χ2n) is 4.91. The molecule has 1 aliphatic rings. The van der Waals surface area contributed by atoms with Crippen LogP contribution in [0.5, 0.6) is 0 Å². The molecule has 1 atom stereocenters. The Balaban J connectivity index is 2.63. The van der Waals surface area contributed by atoms with E-state index in [1.54, 1.807) is 4.72 Å². The van der Waals surface area contributed by atoms with E-state index in [0.29, 0.717) is 19.4 Å². The third-order valence-electron chi connectivity index (χ3n) is 3.14. The van der Waals surface area contributed by atoms with Gasteiger partial charge in [-0.25, -0.2) is 0 Å². The van der Waals surface area contributed by atoms with Gasteiger partial charge < -0.3 is 5.32 Å². The van der Waals surface area contributed by atoms with Crippen molar-refractivity contribution in [3.8, 4) is 0 Å². The predicted octanol–water partition coefficient (Wildman–Crippen LogP) is 1.24. The third kappa shape index (κ3) is 5.94. The summed E-state index contributed by atoms with van der Waals surface area (Å²) in [6.07, 6.45) is -1.38. The van der Waals surface area contributed by atoms with E-state index in [2.05, 4.69) is 5.32 Å². The van der Waals surface area contributed by atoms with Crippen molar-refractivity contribution in [1.82, 2.24) is 14.3 Å². The van der Waals surface area contributed by atoms with Crippen molar-refractivity contribution >= 4 is 10.2 Å². The highest BCUT2D eigenvalue weighted by molar-refractivity contribution is 7.87. The first-order chi connectivity index (χ1) is 9.26. The molecular weight excluding hydrogens is 295 g/mol. The maximum Gasteiger partial charge on any atom is 0.402 e. The molecule has 0 spiro atoms. The minimum absolute atomic E-state index is 0.270. The highest BCUT2D eigenvalue weighted by Gasteiger charge is 2.35. The lowest BCUT2D eigenvalue weighted by molar-refractivity contribution is -0.121. The lowest BCUT2D eigenvalue weighted by Crippen LogP contribution is -2.53. The highest BCUT2D eigenvalue weighted by atomic mass is 32.2. The summed E-state index contributed by atoms with van der Waals surface area (Å²) in [5.41, 5.74) is 0. The Bertz CT molecular complexity index is 387. The monoisotopic (exact) mass is 317 g/mol. The molecule has 20 heavy (non-hydrogen) atoms. The minimum Gasteiger partial charge on any atom is -0.315 e. The molecule has 0 bridgehead atoms. The van der Waals surface area contributed by atoms with Gasteiger partial charge in [0.15, 0.2) is 0 Å². The molecule has 1 fully saturated rings. The van der Waals surface area contributed by atoms with Gasteiger partial charge in [-0.05, 0) is 25.8 Å². The van der Waals surface area contributed by atoms with Crippen LogP contribution in [0.4, 0.5) is 13.2 Å². The molecule has 1 heterocycles. The Morgan fingerprint density at radius 2 is 2.00 bits per heavy atom. The molecule has 1 unspecified atom stereocenters. The van der Waals surface area contributed by atoms with Gasteiger partial charge in [0.05, 0.1) is 0 Å². The van der Waals surface area contributed by atoms with Crippen LogP contribution in [0.25, 0.3) is 0 Å². The fourth-order valence-electron chi connectivity index (χ4n) is 2.20. The van der Waals surface area contributed by atoms with Crippen molar-refractivity contribution in [1.29, 1.82) is 0 Å². The number of nitrogens with zero attached hydrogens (tertiary/aromatic N) is 1. The smallest absolute Gasteiger partial charge is 0.315 e. The van der Waals surface area contributed by atoms with Crippen LogP contribution in [0.3, 0.4) is 0 Å². The van der Waals surface area contributed by atoms with Gasteiger partial charge in [0.25, 0.3) is 10.2 Å². The third-order valence-corrected chi connectivity index (χ3v) is 4.75. The average Bonchev–Trinajstić information content (AvgIpc) is 2.37. The van der Waals surface area contributed by atoms with Crippen LogP contribution in [0.15, 0.2) is 0 Å². The van der Waals surface area contributed by atoms with Crippen LogP contribution in [-0.4, -0.2) is 51.1 Å². The molecule has 2 N–H and O–H groups in total. The molecule has 0 amide bonds. The fraction of sp³-hybridized carbons (Fsp3) is 1.00. The molecule has 120 valence electrons. The topological polar surface area (TPSA) is 61.4 Å². The van der Waals surface area contributed by atoms with Crippen molar-refractivity contribution in [3.63, 3.8) is 0 Å². The van der Waals surface area contributed by atoms with Gasteiger partial charge in [-0.2, -0.15) is 30.6 Å². The Morgan fingerprint density at radius 3 is 2.60 bits per heavy atom. The Labute approximate surface area is 118 Å². The van der Waals surface area contributed by atoms with Gasteiger partial charge in [0, 0.05) is 19.1 Å². The van der Waals surface area contributed by atoms with Gasteiger partial charge in [-0.15, -0.1) is 0 Å². The summed E-state index contributed by atoms with van der Waals surface area (Å²) in [5, 5.41) is 3.12. The SMILES string of the molecule is CCCNCC1CCCCN1S(=O)(=O)NCC(F)(F)F. The molecule has 0 saturated carbocycles. The summed E-state index contributed by atoms with van der Waals surface area (Å²) >= 11 is 0. The zero-order chi connectivity index (χ0) is 15.2. The molecule has 0 radical (unpaired) electrons. The number of hydrogen-bond acceptors (Lipinski definition) is 3. The molecule has 5 nitrogen and oxygen atoms in total. The van der Waals surface area contributed by atoms with Crippen molar-refractivity contribution < 1.29 is 21.6 Å². The van der Waals surface area contributed by atoms with Crippen LogP contribution in [-0.2, 0) is 10.2 Å². The van der Waals surface area contributed by atoms with Gasteiger partial charge in [-0.1, -0.05) is 13.3 Å². The van der Waals surface area contributed by atoms with Crippen LogP contribution in [0.2, 0.25) is 0 Å². The summed E-state index contributed by atoms with van der Waals surface area (Å²) < 4.78 is 63.1. The zero-order valence-electron chi connectivity index (χ0n) is 11.5. The first-order valence-corrected chi connectivity index (χ1v) is 8.24. The van der Waals surface area contributed by atoms with Gasteiger partial charge in [0.2, 0.25) is 0 Å². The lowest BCUT2D eigenvalue weighted by atomic mass is 10.1. The van der Waals surface area contributed by atoms with Crippen LogP contribution >= 0.6 is 0 Å². The number of alkyl halides is 3. The lowest BCUT2D eigenvalue weighted by Gasteiger charge is -2.34. The van der Waals surface area contributed by atoms with Crippen LogP contribution in [0, 0.1) is 0 Å². The molecule has 1 aliphatic heterocycles. The van der Waals surface area contributed by atoms with E-state index in [-0.39, 0.29) is 12.6 Å². The number of hydrogen-bond donors (Lipinski definition) is 2. The van der Waals surface area contributed by atoms with Crippen molar-refractivity contribution in [2.45, 2.75) is 44.8 Å².